The lowest BCUT2D eigenvalue weighted by molar-refractivity contribution is 0.650. The number of benzene rings is 1. The highest BCUT2D eigenvalue weighted by atomic mass is 15.1. The Morgan fingerprint density at radius 1 is 1.47 bits per heavy atom. The van der Waals surface area contributed by atoms with E-state index in [1.807, 2.05) is 12.1 Å². The van der Waals surface area contributed by atoms with Crippen LogP contribution in [-0.4, -0.2) is 9.55 Å². The third-order valence-corrected chi connectivity index (χ3v) is 3.66. The van der Waals surface area contributed by atoms with Gasteiger partial charge in [-0.15, -0.1) is 0 Å². The van der Waals surface area contributed by atoms with Crippen LogP contribution >= 0.6 is 0 Å². The molecule has 2 unspecified atom stereocenters. The van der Waals surface area contributed by atoms with Crippen LogP contribution in [-0.2, 0) is 6.42 Å². The minimum Gasteiger partial charge on any atom is -0.399 e. The summed E-state index contributed by atoms with van der Waals surface area (Å²) in [7, 11) is 0. The molecule has 0 bridgehead atoms. The predicted molar refractivity (Wildman–Crippen MR) is 71.0 cm³/mol. The monoisotopic (exact) mass is 229 g/mol. The molecule has 0 amide bonds. The van der Waals surface area contributed by atoms with Crippen LogP contribution in [0.25, 0.3) is 11.0 Å². The van der Waals surface area contributed by atoms with Gasteiger partial charge in [-0.2, -0.15) is 0 Å². The van der Waals surface area contributed by atoms with Gasteiger partial charge in [0.15, 0.2) is 0 Å². The van der Waals surface area contributed by atoms with Gasteiger partial charge in [0.05, 0.1) is 11.0 Å². The molecular formula is C14H19N3. The highest BCUT2D eigenvalue weighted by molar-refractivity contribution is 5.80. The van der Waals surface area contributed by atoms with Crippen molar-refractivity contribution >= 4 is 16.7 Å². The molecule has 2 atom stereocenters. The van der Waals surface area contributed by atoms with Crippen molar-refractivity contribution in [3.63, 3.8) is 0 Å². The Labute approximate surface area is 102 Å². The van der Waals surface area contributed by atoms with Crippen molar-refractivity contribution < 1.29 is 0 Å². The molecule has 3 heteroatoms. The van der Waals surface area contributed by atoms with Gasteiger partial charge in [0, 0.05) is 18.2 Å². The molecule has 2 aromatic rings. The number of nitrogens with zero attached hydrogens (tertiary/aromatic N) is 2. The maximum Gasteiger partial charge on any atom is 0.110 e. The highest BCUT2D eigenvalue weighted by Crippen LogP contribution is 2.45. The molecular weight excluding hydrogens is 210 g/mol. The summed E-state index contributed by atoms with van der Waals surface area (Å²) in [6.45, 7) is 4.51. The number of hydrogen-bond donors (Lipinski definition) is 1. The van der Waals surface area contributed by atoms with Crippen LogP contribution in [0.4, 0.5) is 5.69 Å². The van der Waals surface area contributed by atoms with Crippen LogP contribution < -0.4 is 5.73 Å². The topological polar surface area (TPSA) is 43.8 Å². The molecule has 0 aliphatic heterocycles. The van der Waals surface area contributed by atoms with Crippen LogP contribution in [0.2, 0.25) is 0 Å². The third-order valence-electron chi connectivity index (χ3n) is 3.66. The van der Waals surface area contributed by atoms with Crippen molar-refractivity contribution in [2.75, 3.05) is 5.73 Å². The van der Waals surface area contributed by atoms with E-state index in [0.29, 0.717) is 6.04 Å². The van der Waals surface area contributed by atoms with Crippen molar-refractivity contribution in [1.82, 2.24) is 9.55 Å². The number of nitrogens with two attached hydrogens (primary N) is 1. The van der Waals surface area contributed by atoms with Crippen LogP contribution in [0.3, 0.4) is 0 Å². The van der Waals surface area contributed by atoms with Gasteiger partial charge < -0.3 is 10.3 Å². The van der Waals surface area contributed by atoms with Crippen molar-refractivity contribution in [1.29, 1.82) is 0 Å². The summed E-state index contributed by atoms with van der Waals surface area (Å²) in [5.41, 5.74) is 8.92. The molecule has 17 heavy (non-hydrogen) atoms. The molecule has 1 aliphatic carbocycles. The van der Waals surface area contributed by atoms with Crippen molar-refractivity contribution in [3.05, 3.63) is 24.0 Å². The van der Waals surface area contributed by atoms with Gasteiger partial charge in [-0.05, 0) is 37.0 Å². The van der Waals surface area contributed by atoms with Crippen LogP contribution in [0, 0.1) is 5.92 Å². The van der Waals surface area contributed by atoms with Gasteiger partial charge >= 0.3 is 0 Å². The quantitative estimate of drug-likeness (QED) is 0.822. The first kappa shape index (κ1) is 10.6. The van der Waals surface area contributed by atoms with E-state index in [9.17, 15) is 0 Å². The first-order chi connectivity index (χ1) is 8.20. The van der Waals surface area contributed by atoms with Gasteiger partial charge in [-0.25, -0.2) is 4.98 Å². The lowest BCUT2D eigenvalue weighted by atomic mass is 10.3. The molecule has 1 saturated carbocycles. The first-order valence-corrected chi connectivity index (χ1v) is 6.47. The summed E-state index contributed by atoms with van der Waals surface area (Å²) >= 11 is 0. The molecule has 3 nitrogen and oxygen atoms in total. The van der Waals surface area contributed by atoms with E-state index in [1.54, 1.807) is 0 Å². The fraction of sp³-hybridized carbons (Fsp3) is 0.500. The number of rotatable bonds is 3. The number of hydrogen-bond acceptors (Lipinski definition) is 2. The largest absolute Gasteiger partial charge is 0.399 e. The molecule has 0 spiro atoms. The summed E-state index contributed by atoms with van der Waals surface area (Å²) in [6.07, 6.45) is 3.48. The lowest BCUT2D eigenvalue weighted by Gasteiger charge is -2.07. The van der Waals surface area contributed by atoms with Crippen LogP contribution in [0.5, 0.6) is 0 Å². The van der Waals surface area contributed by atoms with Gasteiger partial charge in [0.25, 0.3) is 0 Å². The van der Waals surface area contributed by atoms with E-state index < -0.39 is 0 Å². The molecule has 0 radical (unpaired) electrons. The Hall–Kier alpha value is -1.51. The Bertz CT molecular complexity index is 556. The second-order valence-electron chi connectivity index (χ2n) is 5.18. The van der Waals surface area contributed by atoms with E-state index >= 15 is 0 Å². The molecule has 1 aromatic heterocycles. The summed E-state index contributed by atoms with van der Waals surface area (Å²) in [5.74, 6) is 2.02. The van der Waals surface area contributed by atoms with E-state index in [-0.39, 0.29) is 0 Å². The number of aryl methyl sites for hydroxylation is 1. The second kappa shape index (κ2) is 3.76. The van der Waals surface area contributed by atoms with E-state index in [1.165, 1.54) is 17.8 Å². The Balaban J connectivity index is 2.17. The Kier molecular flexibility index (Phi) is 2.35. The smallest absolute Gasteiger partial charge is 0.110 e. The zero-order valence-electron chi connectivity index (χ0n) is 10.5. The summed E-state index contributed by atoms with van der Waals surface area (Å²) < 4.78 is 2.43. The first-order valence-electron chi connectivity index (χ1n) is 6.47. The third kappa shape index (κ3) is 1.70. The van der Waals surface area contributed by atoms with E-state index in [0.717, 1.165) is 30.0 Å². The second-order valence-corrected chi connectivity index (χ2v) is 5.18. The number of fused-ring (bicyclic) bond motifs is 1. The zero-order chi connectivity index (χ0) is 12.0. The van der Waals surface area contributed by atoms with Gasteiger partial charge in [-0.1, -0.05) is 13.8 Å². The molecule has 1 aliphatic rings. The average molecular weight is 229 g/mol. The van der Waals surface area contributed by atoms with E-state index in [2.05, 4.69) is 24.5 Å². The fourth-order valence-corrected chi connectivity index (χ4v) is 2.60. The van der Waals surface area contributed by atoms with Crippen molar-refractivity contribution in [2.45, 2.75) is 39.2 Å². The SMILES string of the molecule is CCCc1nc2cc(N)ccc2n1C1CC1C. The minimum atomic E-state index is 0.658. The van der Waals surface area contributed by atoms with Gasteiger partial charge in [0.1, 0.15) is 5.82 Å². The van der Waals surface area contributed by atoms with Gasteiger partial charge in [-0.3, -0.25) is 0 Å². The van der Waals surface area contributed by atoms with Crippen molar-refractivity contribution in [3.8, 4) is 0 Å². The van der Waals surface area contributed by atoms with Gasteiger partial charge in [0.2, 0.25) is 0 Å². The molecule has 1 fully saturated rings. The molecule has 1 aromatic carbocycles. The summed E-state index contributed by atoms with van der Waals surface area (Å²) in [4.78, 5) is 4.74. The summed E-state index contributed by atoms with van der Waals surface area (Å²) in [5, 5.41) is 0. The molecule has 2 N–H and O–H groups in total. The molecule has 90 valence electrons. The predicted octanol–water partition coefficient (Wildman–Crippen LogP) is 3.15. The zero-order valence-corrected chi connectivity index (χ0v) is 10.5. The Morgan fingerprint density at radius 2 is 2.24 bits per heavy atom. The standard InChI is InChI=1S/C14H19N3/c1-3-4-14-16-11-8-10(15)5-6-12(11)17(14)13-7-9(13)2/h5-6,8-9,13H,3-4,7,15H2,1-2H3. The maximum absolute atomic E-state index is 5.83. The van der Waals surface area contributed by atoms with Crippen LogP contribution in [0.15, 0.2) is 18.2 Å². The summed E-state index contributed by atoms with van der Waals surface area (Å²) in [6, 6.07) is 6.73. The van der Waals surface area contributed by atoms with E-state index in [4.69, 9.17) is 10.7 Å². The minimum absolute atomic E-state index is 0.658. The number of nitrogen functional groups attached to an aromatic ring is 1. The lowest BCUT2D eigenvalue weighted by Crippen LogP contribution is -2.02. The normalized spacial score (nSPS) is 23.2. The molecule has 3 rings (SSSR count). The van der Waals surface area contributed by atoms with Crippen molar-refractivity contribution in [2.24, 2.45) is 5.92 Å². The number of anilines is 1. The fourth-order valence-electron chi connectivity index (χ4n) is 2.60. The number of aromatic nitrogens is 2. The maximum atomic E-state index is 5.83. The average Bonchev–Trinajstić information content (AvgIpc) is 2.88. The Morgan fingerprint density at radius 3 is 2.88 bits per heavy atom. The van der Waals surface area contributed by atoms with Crippen LogP contribution in [0.1, 0.15) is 38.6 Å². The number of imidazole rings is 1. The molecule has 1 heterocycles. The molecule has 0 saturated heterocycles. The highest BCUT2D eigenvalue weighted by Gasteiger charge is 2.36.